The molecule has 0 bridgehead atoms. The number of hydrogen-bond donors (Lipinski definition) is 1. The number of benzene rings is 1. The highest BCUT2D eigenvalue weighted by Crippen LogP contribution is 2.27. The Labute approximate surface area is 126 Å². The highest BCUT2D eigenvalue weighted by Gasteiger charge is 2.16. The van der Waals surface area contributed by atoms with Gasteiger partial charge in [-0.1, -0.05) is 17.2 Å². The topological polar surface area (TPSA) is 54.4 Å². The van der Waals surface area contributed by atoms with Crippen molar-refractivity contribution in [1.29, 1.82) is 0 Å². The van der Waals surface area contributed by atoms with Crippen molar-refractivity contribution in [3.8, 4) is 5.75 Å². The number of carbonyl (C=O) groups is 2. The van der Waals surface area contributed by atoms with Crippen LogP contribution in [0.1, 0.15) is 60.9 Å². The van der Waals surface area contributed by atoms with Gasteiger partial charge in [0.25, 0.3) is 0 Å². The molecular weight excluding hydrogens is 264 g/mol. The van der Waals surface area contributed by atoms with Gasteiger partial charge in [-0.3, -0.25) is 9.59 Å². The summed E-state index contributed by atoms with van der Waals surface area (Å²) in [6.45, 7) is 9.00. The van der Waals surface area contributed by atoms with E-state index in [2.05, 4.69) is 0 Å². The average Bonchev–Trinajstić information content (AvgIpc) is 2.35. The van der Waals surface area contributed by atoms with Crippen LogP contribution in [0, 0.1) is 0 Å². The van der Waals surface area contributed by atoms with Crippen LogP contribution < -0.4 is 0 Å². The summed E-state index contributed by atoms with van der Waals surface area (Å²) in [5, 5.41) is 10.3. The number of phenolic OH excluding ortho intramolecular Hbond substituents is 1. The Morgan fingerprint density at radius 3 is 2.14 bits per heavy atom. The van der Waals surface area contributed by atoms with Gasteiger partial charge in [0.1, 0.15) is 5.75 Å². The number of rotatable bonds is 5. The van der Waals surface area contributed by atoms with Crippen molar-refractivity contribution >= 4 is 11.6 Å². The second kappa shape index (κ2) is 7.02. The molecule has 0 spiro atoms. The maximum Gasteiger partial charge on any atom is 0.189 e. The summed E-state index contributed by atoms with van der Waals surface area (Å²) in [5.74, 6) is -0.450. The first-order valence-corrected chi connectivity index (χ1v) is 6.91. The minimum absolute atomic E-state index is 0.0417. The van der Waals surface area contributed by atoms with Crippen LogP contribution in [0.5, 0.6) is 5.75 Å². The lowest BCUT2D eigenvalue weighted by molar-refractivity contribution is 0.101. The molecule has 0 aliphatic rings. The van der Waals surface area contributed by atoms with E-state index in [1.54, 1.807) is 6.07 Å². The Morgan fingerprint density at radius 1 is 1.05 bits per heavy atom. The molecule has 0 amide bonds. The molecule has 0 atom stereocenters. The second-order valence-corrected chi connectivity index (χ2v) is 5.66. The van der Waals surface area contributed by atoms with Crippen molar-refractivity contribution in [3.63, 3.8) is 0 Å². The fourth-order valence-electron chi connectivity index (χ4n) is 1.90. The van der Waals surface area contributed by atoms with Gasteiger partial charge in [0.15, 0.2) is 11.6 Å². The van der Waals surface area contributed by atoms with E-state index < -0.39 is 0 Å². The monoisotopic (exact) mass is 286 g/mol. The van der Waals surface area contributed by atoms with Gasteiger partial charge in [0.2, 0.25) is 0 Å². The number of aromatic hydroxyl groups is 1. The molecule has 3 nitrogen and oxygen atoms in total. The molecule has 0 heterocycles. The van der Waals surface area contributed by atoms with Crippen molar-refractivity contribution in [3.05, 3.63) is 52.1 Å². The minimum Gasteiger partial charge on any atom is -0.507 e. The predicted molar refractivity (Wildman–Crippen MR) is 85.0 cm³/mol. The van der Waals surface area contributed by atoms with Crippen LogP contribution in [0.3, 0.4) is 0 Å². The molecule has 0 aromatic heterocycles. The van der Waals surface area contributed by atoms with Gasteiger partial charge >= 0.3 is 0 Å². The van der Waals surface area contributed by atoms with E-state index >= 15 is 0 Å². The van der Waals surface area contributed by atoms with E-state index in [9.17, 15) is 14.7 Å². The summed E-state index contributed by atoms with van der Waals surface area (Å²) >= 11 is 0. The first-order valence-electron chi connectivity index (χ1n) is 6.91. The molecule has 112 valence electrons. The Kier molecular flexibility index (Phi) is 5.65. The zero-order chi connectivity index (χ0) is 16.2. The molecule has 21 heavy (non-hydrogen) atoms. The van der Waals surface area contributed by atoms with E-state index in [0.29, 0.717) is 17.5 Å². The van der Waals surface area contributed by atoms with E-state index in [0.717, 1.165) is 11.1 Å². The fourth-order valence-corrected chi connectivity index (χ4v) is 1.90. The summed E-state index contributed by atoms with van der Waals surface area (Å²) in [7, 11) is 0. The molecule has 0 aliphatic carbocycles. The lowest BCUT2D eigenvalue weighted by Gasteiger charge is -2.10. The molecule has 1 aromatic carbocycles. The van der Waals surface area contributed by atoms with Crippen molar-refractivity contribution < 1.29 is 14.7 Å². The number of Topliss-reactive ketones (excluding diaryl/α,β-unsaturated/α-hetero) is 1. The molecule has 0 fully saturated rings. The fraction of sp³-hybridized carbons (Fsp3) is 0.333. The standard InChI is InChI=1S/C18H22O3/c1-11(2)6-7-14-9-15(13(5)19)10-16(18(14)21)17(20)8-12(3)4/h6,8-10,21H,7H2,1-5H3. The predicted octanol–water partition coefficient (Wildman–Crippen LogP) is 4.25. The van der Waals surface area contributed by atoms with Gasteiger partial charge in [-0.25, -0.2) is 0 Å². The molecule has 0 aliphatic heterocycles. The lowest BCUT2D eigenvalue weighted by atomic mass is 9.96. The maximum atomic E-state index is 12.2. The first kappa shape index (κ1) is 16.9. The third kappa shape index (κ3) is 4.71. The van der Waals surface area contributed by atoms with Gasteiger partial charge < -0.3 is 5.11 Å². The Morgan fingerprint density at radius 2 is 1.67 bits per heavy atom. The first-order chi connectivity index (χ1) is 9.72. The van der Waals surface area contributed by atoms with Crippen LogP contribution in [0.15, 0.2) is 35.4 Å². The Bertz CT molecular complexity index is 626. The molecule has 0 unspecified atom stereocenters. The number of allylic oxidation sites excluding steroid dienone is 4. The van der Waals surface area contributed by atoms with Crippen LogP contribution in [0.25, 0.3) is 0 Å². The van der Waals surface area contributed by atoms with Gasteiger partial charge in [-0.15, -0.1) is 0 Å². The summed E-state index contributed by atoms with van der Waals surface area (Å²) in [5.41, 5.74) is 3.17. The van der Waals surface area contributed by atoms with E-state index in [-0.39, 0.29) is 22.9 Å². The van der Waals surface area contributed by atoms with Crippen molar-refractivity contribution in [2.75, 3.05) is 0 Å². The Hall–Kier alpha value is -2.16. The lowest BCUT2D eigenvalue weighted by Crippen LogP contribution is -2.03. The van der Waals surface area contributed by atoms with Crippen LogP contribution in [-0.4, -0.2) is 16.7 Å². The molecular formula is C18H22O3. The zero-order valence-electron chi connectivity index (χ0n) is 13.3. The van der Waals surface area contributed by atoms with Crippen molar-refractivity contribution in [2.45, 2.75) is 41.0 Å². The smallest absolute Gasteiger partial charge is 0.189 e. The summed E-state index contributed by atoms with van der Waals surface area (Å²) < 4.78 is 0. The summed E-state index contributed by atoms with van der Waals surface area (Å²) in [6, 6.07) is 3.11. The van der Waals surface area contributed by atoms with E-state index in [4.69, 9.17) is 0 Å². The molecule has 0 saturated heterocycles. The number of hydrogen-bond acceptors (Lipinski definition) is 3. The van der Waals surface area contributed by atoms with E-state index in [1.807, 2.05) is 33.8 Å². The van der Waals surface area contributed by atoms with Crippen LogP contribution >= 0.6 is 0 Å². The summed E-state index contributed by atoms with van der Waals surface area (Å²) in [4.78, 5) is 23.8. The maximum absolute atomic E-state index is 12.2. The Balaban J connectivity index is 3.42. The SMILES string of the molecule is CC(=O)c1cc(CC=C(C)C)c(O)c(C(=O)C=C(C)C)c1. The molecule has 3 heteroatoms. The molecule has 1 N–H and O–H groups in total. The van der Waals surface area contributed by atoms with Crippen LogP contribution in [-0.2, 0) is 6.42 Å². The van der Waals surface area contributed by atoms with Crippen molar-refractivity contribution in [2.24, 2.45) is 0 Å². The summed E-state index contributed by atoms with van der Waals surface area (Å²) in [6.07, 6.45) is 3.90. The third-order valence-electron chi connectivity index (χ3n) is 3.01. The van der Waals surface area contributed by atoms with Gasteiger partial charge in [-0.2, -0.15) is 0 Å². The van der Waals surface area contributed by atoms with Gasteiger partial charge in [0.05, 0.1) is 5.56 Å². The van der Waals surface area contributed by atoms with Crippen LogP contribution in [0.4, 0.5) is 0 Å². The third-order valence-corrected chi connectivity index (χ3v) is 3.01. The molecule has 1 aromatic rings. The molecule has 1 rings (SSSR count). The van der Waals surface area contributed by atoms with E-state index in [1.165, 1.54) is 19.1 Å². The highest BCUT2D eigenvalue weighted by molar-refractivity contribution is 6.09. The second-order valence-electron chi connectivity index (χ2n) is 5.66. The average molecular weight is 286 g/mol. The molecule has 0 saturated carbocycles. The van der Waals surface area contributed by atoms with Gasteiger partial charge in [0, 0.05) is 5.56 Å². The minimum atomic E-state index is -0.283. The largest absolute Gasteiger partial charge is 0.507 e. The quantitative estimate of drug-likeness (QED) is 0.500. The van der Waals surface area contributed by atoms with Crippen LogP contribution in [0.2, 0.25) is 0 Å². The van der Waals surface area contributed by atoms with Gasteiger partial charge in [-0.05, 0) is 64.8 Å². The number of carbonyl (C=O) groups excluding carboxylic acids is 2. The zero-order valence-corrected chi connectivity index (χ0v) is 13.3. The number of phenols is 1. The highest BCUT2D eigenvalue weighted by atomic mass is 16.3. The molecule has 0 radical (unpaired) electrons. The number of ketones is 2. The normalized spacial score (nSPS) is 9.95. The van der Waals surface area contributed by atoms with Crippen molar-refractivity contribution in [1.82, 2.24) is 0 Å².